The van der Waals surface area contributed by atoms with Crippen LogP contribution in [0.3, 0.4) is 0 Å². The van der Waals surface area contributed by atoms with Crippen molar-refractivity contribution in [1.29, 1.82) is 0 Å². The summed E-state index contributed by atoms with van der Waals surface area (Å²) < 4.78 is 19.0. The summed E-state index contributed by atoms with van der Waals surface area (Å²) in [6.45, 7) is -0.221. The quantitative estimate of drug-likeness (QED) is 0.187. The molecule has 0 unspecified atom stereocenters. The van der Waals surface area contributed by atoms with E-state index < -0.39 is 6.72 Å². The Labute approximate surface area is 200 Å². The Balaban J connectivity index is 1.54. The molecule has 0 spiro atoms. The summed E-state index contributed by atoms with van der Waals surface area (Å²) in [5.74, 6) is 1.46. The highest BCUT2D eigenvalue weighted by Gasteiger charge is 2.33. The van der Waals surface area contributed by atoms with E-state index in [2.05, 4.69) is 67.6 Å². The summed E-state index contributed by atoms with van der Waals surface area (Å²) in [6.07, 6.45) is 7.15. The maximum Gasteiger partial charge on any atom is 0.434 e. The fourth-order valence-electron chi connectivity index (χ4n) is 4.54. The zero-order valence-corrected chi connectivity index (χ0v) is 20.7. The van der Waals surface area contributed by atoms with Gasteiger partial charge in [0.25, 0.3) is 0 Å². The van der Waals surface area contributed by atoms with Crippen LogP contribution in [-0.2, 0) is 16.3 Å². The molecule has 3 nitrogen and oxygen atoms in total. The lowest BCUT2D eigenvalue weighted by molar-refractivity contribution is 0.257. The molecular weight excluding hydrogens is 447 g/mol. The van der Waals surface area contributed by atoms with Gasteiger partial charge < -0.3 is 9.05 Å². The predicted molar refractivity (Wildman–Crippen MR) is 142 cm³/mol. The monoisotopic (exact) mass is 476 g/mol. The second-order valence-electron chi connectivity index (χ2n) is 8.55. The van der Waals surface area contributed by atoms with E-state index in [0.29, 0.717) is 6.61 Å². The number of hydrogen-bond donors (Lipinski definition) is 0. The van der Waals surface area contributed by atoms with Gasteiger partial charge in [0.2, 0.25) is 0 Å². The predicted octanol–water partition coefficient (Wildman–Crippen LogP) is 9.03. The van der Waals surface area contributed by atoms with E-state index in [4.69, 9.17) is 25.4 Å². The molecule has 5 rings (SSSR count). The highest BCUT2D eigenvalue weighted by molar-refractivity contribution is 8.07. The van der Waals surface area contributed by atoms with Crippen LogP contribution in [0, 0.1) is 0 Å². The van der Waals surface area contributed by atoms with E-state index in [1.807, 2.05) is 12.1 Å². The molecule has 0 amide bonds. The Hall–Kier alpha value is -2.39. The average molecular weight is 477 g/mol. The molecule has 4 aromatic rings. The molecular formula is C28H29O3PS. The van der Waals surface area contributed by atoms with Crippen molar-refractivity contribution in [3.63, 3.8) is 0 Å². The third-order valence-corrected chi connectivity index (χ3v) is 8.30. The molecule has 1 heterocycles. The van der Waals surface area contributed by atoms with E-state index in [1.54, 1.807) is 0 Å². The zero-order valence-electron chi connectivity index (χ0n) is 19.0. The highest BCUT2D eigenvalue weighted by Crippen LogP contribution is 2.59. The fourth-order valence-corrected chi connectivity index (χ4v) is 6.53. The van der Waals surface area contributed by atoms with Gasteiger partial charge in [-0.15, -0.1) is 0 Å². The van der Waals surface area contributed by atoms with E-state index in [1.165, 1.54) is 25.7 Å². The molecule has 33 heavy (non-hydrogen) atoms. The summed E-state index contributed by atoms with van der Waals surface area (Å²) in [7, 11) is 0. The van der Waals surface area contributed by atoms with Crippen LogP contribution in [0.5, 0.6) is 11.5 Å². The first-order chi connectivity index (χ1) is 16.2. The van der Waals surface area contributed by atoms with Crippen LogP contribution in [0.2, 0.25) is 0 Å². The molecule has 170 valence electrons. The summed E-state index contributed by atoms with van der Waals surface area (Å²) in [5.41, 5.74) is 2.05. The lowest BCUT2D eigenvalue weighted by Gasteiger charge is -2.21. The van der Waals surface area contributed by atoms with E-state index in [-0.39, 0.29) is 0 Å². The Kier molecular flexibility index (Phi) is 6.69. The molecule has 0 fully saturated rings. The summed E-state index contributed by atoms with van der Waals surface area (Å²) in [6, 6.07) is 24.9. The first-order valence-electron chi connectivity index (χ1n) is 11.9. The van der Waals surface area contributed by atoms with Crippen LogP contribution in [0.25, 0.3) is 32.7 Å². The van der Waals surface area contributed by atoms with Gasteiger partial charge in [0.15, 0.2) is 0 Å². The number of rotatable bonds is 8. The van der Waals surface area contributed by atoms with E-state index in [9.17, 15) is 0 Å². The largest absolute Gasteiger partial charge is 0.434 e. The van der Waals surface area contributed by atoms with Crippen molar-refractivity contribution >= 4 is 40.1 Å². The first kappa shape index (κ1) is 22.4. The van der Waals surface area contributed by atoms with Gasteiger partial charge in [0.05, 0.1) is 6.61 Å². The lowest BCUT2D eigenvalue weighted by atomic mass is 9.92. The molecule has 0 saturated heterocycles. The van der Waals surface area contributed by atoms with Crippen LogP contribution < -0.4 is 9.05 Å². The van der Waals surface area contributed by atoms with E-state index in [0.717, 1.165) is 57.0 Å². The number of unbranched alkanes of at least 4 members (excludes halogenated alkanes) is 5. The minimum absolute atomic E-state index is 0.551. The molecule has 0 saturated carbocycles. The Bertz CT molecular complexity index is 1240. The molecule has 4 aromatic carbocycles. The minimum Gasteiger partial charge on any atom is -0.415 e. The molecule has 0 N–H and O–H groups in total. The Morgan fingerprint density at radius 2 is 1.18 bits per heavy atom. The van der Waals surface area contributed by atoms with Crippen molar-refractivity contribution in [3.05, 3.63) is 72.8 Å². The van der Waals surface area contributed by atoms with Crippen LogP contribution in [0.15, 0.2) is 72.8 Å². The SMILES string of the molecule is CCCCCCCCOP1(=S)Oc2ccc3ccccc3c2-c2c(ccc3ccccc23)O1. The van der Waals surface area contributed by atoms with Gasteiger partial charge in [0.1, 0.15) is 11.5 Å². The zero-order chi connectivity index (χ0) is 22.7. The van der Waals surface area contributed by atoms with E-state index >= 15 is 0 Å². The molecule has 1 aliphatic heterocycles. The van der Waals surface area contributed by atoms with Gasteiger partial charge in [-0.2, -0.15) is 0 Å². The molecule has 1 aliphatic rings. The maximum absolute atomic E-state index is 6.41. The fraction of sp³-hybridized carbons (Fsp3) is 0.286. The molecule has 0 aliphatic carbocycles. The molecule has 0 atom stereocenters. The normalized spacial score (nSPS) is 14.2. The molecule has 0 radical (unpaired) electrons. The second-order valence-corrected chi connectivity index (χ2v) is 11.4. The smallest absolute Gasteiger partial charge is 0.415 e. The topological polar surface area (TPSA) is 27.7 Å². The molecule has 0 aromatic heterocycles. The maximum atomic E-state index is 6.41. The van der Waals surface area contributed by atoms with Gasteiger partial charge in [-0.25, -0.2) is 0 Å². The van der Waals surface area contributed by atoms with Crippen molar-refractivity contribution < 1.29 is 13.6 Å². The second kappa shape index (κ2) is 9.85. The van der Waals surface area contributed by atoms with Crippen molar-refractivity contribution in [3.8, 4) is 22.6 Å². The van der Waals surface area contributed by atoms with Crippen molar-refractivity contribution in [2.45, 2.75) is 45.4 Å². The van der Waals surface area contributed by atoms with Gasteiger partial charge >= 0.3 is 6.72 Å². The third-order valence-electron chi connectivity index (χ3n) is 6.20. The first-order valence-corrected chi connectivity index (χ1v) is 14.4. The number of fused-ring (bicyclic) bond motifs is 7. The average Bonchev–Trinajstić information content (AvgIpc) is 2.97. The van der Waals surface area contributed by atoms with Crippen LogP contribution >= 0.6 is 6.72 Å². The van der Waals surface area contributed by atoms with Gasteiger partial charge in [-0.3, -0.25) is 4.52 Å². The summed E-state index contributed by atoms with van der Waals surface area (Å²) in [4.78, 5) is 0. The Morgan fingerprint density at radius 3 is 1.76 bits per heavy atom. The van der Waals surface area contributed by atoms with Gasteiger partial charge in [0, 0.05) is 22.9 Å². The van der Waals surface area contributed by atoms with Gasteiger partial charge in [-0.05, 0) is 40.1 Å². The third kappa shape index (κ3) is 4.66. The van der Waals surface area contributed by atoms with Gasteiger partial charge in [-0.1, -0.05) is 99.7 Å². The van der Waals surface area contributed by atoms with Crippen molar-refractivity contribution in [2.75, 3.05) is 6.61 Å². The number of benzene rings is 4. The summed E-state index contributed by atoms with van der Waals surface area (Å²) in [5, 5.41) is 4.55. The van der Waals surface area contributed by atoms with Crippen LogP contribution in [0.4, 0.5) is 0 Å². The minimum atomic E-state index is -3.01. The Morgan fingerprint density at radius 1 is 0.667 bits per heavy atom. The van der Waals surface area contributed by atoms with Crippen molar-refractivity contribution in [2.24, 2.45) is 0 Å². The highest BCUT2D eigenvalue weighted by atomic mass is 32.5. The molecule has 0 bridgehead atoms. The van der Waals surface area contributed by atoms with Crippen LogP contribution in [-0.4, -0.2) is 6.61 Å². The van der Waals surface area contributed by atoms with Crippen LogP contribution in [0.1, 0.15) is 45.4 Å². The summed E-state index contributed by atoms with van der Waals surface area (Å²) >= 11 is 5.90. The number of hydrogen-bond acceptors (Lipinski definition) is 4. The van der Waals surface area contributed by atoms with Crippen molar-refractivity contribution in [1.82, 2.24) is 0 Å². The molecule has 5 heteroatoms. The standard InChI is InChI=1S/C28H29O3PS/c1-2-3-4-5-6-11-20-29-32(33)30-25-18-16-21-12-7-9-14-23(21)27(25)28-24-15-10-8-13-22(24)17-19-26(28)31-32/h7-10,12-19H,2-6,11,20H2,1H3. The lowest BCUT2D eigenvalue weighted by Crippen LogP contribution is -2.04.